The molecule has 0 aliphatic heterocycles. The molecule has 1 aromatic carbocycles. The zero-order valence-electron chi connectivity index (χ0n) is 10.8. The van der Waals surface area contributed by atoms with Crippen molar-refractivity contribution in [2.75, 3.05) is 13.7 Å². The van der Waals surface area contributed by atoms with E-state index in [4.69, 9.17) is 11.2 Å². The Balaban J connectivity index is 3.43. The zero-order valence-corrected chi connectivity index (χ0v) is 10.8. The number of benzene rings is 1. The minimum atomic E-state index is -0.104. The average Bonchev–Trinajstić information content (AvgIpc) is 2.29. The van der Waals surface area contributed by atoms with Crippen LogP contribution in [-0.4, -0.2) is 18.8 Å². The Morgan fingerprint density at radius 2 is 1.88 bits per heavy atom. The van der Waals surface area contributed by atoms with Crippen LogP contribution >= 0.6 is 0 Å². The highest BCUT2D eigenvalue weighted by Crippen LogP contribution is 2.29. The predicted octanol–water partition coefficient (Wildman–Crippen LogP) is 2.71. The van der Waals surface area contributed by atoms with Gasteiger partial charge in [0, 0.05) is 5.57 Å². The van der Waals surface area contributed by atoms with E-state index in [-0.39, 0.29) is 6.61 Å². The van der Waals surface area contributed by atoms with Crippen LogP contribution in [0.5, 0.6) is 5.75 Å². The summed E-state index contributed by atoms with van der Waals surface area (Å²) < 4.78 is 5.22. The van der Waals surface area contributed by atoms with Gasteiger partial charge >= 0.3 is 0 Å². The highest BCUT2D eigenvalue weighted by atomic mass is 16.5. The quantitative estimate of drug-likeness (QED) is 0.809. The fraction of sp³-hybridized carbons (Fsp3) is 0.333. The van der Waals surface area contributed by atoms with Crippen molar-refractivity contribution in [3.8, 4) is 18.1 Å². The van der Waals surface area contributed by atoms with E-state index in [1.165, 1.54) is 0 Å². The highest BCUT2D eigenvalue weighted by Gasteiger charge is 2.10. The summed E-state index contributed by atoms with van der Waals surface area (Å²) in [5.41, 5.74) is 4.86. The lowest BCUT2D eigenvalue weighted by Crippen LogP contribution is -1.98. The third-order valence-electron chi connectivity index (χ3n) is 2.90. The Morgan fingerprint density at radius 3 is 2.24 bits per heavy atom. The standard InChI is InChI=1S/C15H18O2/c1-6-13(9-16)12(4)15-10(2)7-14(17-5)8-11(15)3/h1,7-8,16H,9H2,2-5H3/b13-12+. The van der Waals surface area contributed by atoms with Crippen molar-refractivity contribution in [2.24, 2.45) is 0 Å². The minimum Gasteiger partial charge on any atom is -0.497 e. The van der Waals surface area contributed by atoms with Crippen LogP contribution in [0.4, 0.5) is 0 Å². The third-order valence-corrected chi connectivity index (χ3v) is 2.90. The van der Waals surface area contributed by atoms with Gasteiger partial charge in [-0.05, 0) is 55.2 Å². The molecule has 2 heteroatoms. The number of ether oxygens (including phenoxy) is 1. The zero-order chi connectivity index (χ0) is 13.0. The third kappa shape index (κ3) is 2.69. The molecule has 17 heavy (non-hydrogen) atoms. The normalized spacial score (nSPS) is 11.8. The molecule has 0 radical (unpaired) electrons. The van der Waals surface area contributed by atoms with E-state index in [0.29, 0.717) is 5.57 Å². The van der Waals surface area contributed by atoms with Crippen molar-refractivity contribution in [1.82, 2.24) is 0 Å². The first-order chi connectivity index (χ1) is 8.04. The predicted molar refractivity (Wildman–Crippen MR) is 71.0 cm³/mol. The molecule has 2 nitrogen and oxygen atoms in total. The Bertz CT molecular complexity index is 467. The fourth-order valence-corrected chi connectivity index (χ4v) is 2.06. The molecule has 0 atom stereocenters. The maximum Gasteiger partial charge on any atom is 0.119 e. The summed E-state index contributed by atoms with van der Waals surface area (Å²) in [5, 5.41) is 9.22. The van der Waals surface area contributed by atoms with E-state index in [2.05, 4.69) is 5.92 Å². The molecular weight excluding hydrogens is 212 g/mol. The number of aliphatic hydroxyl groups is 1. The van der Waals surface area contributed by atoms with Gasteiger partial charge in [-0.1, -0.05) is 5.92 Å². The van der Waals surface area contributed by atoms with Gasteiger partial charge < -0.3 is 9.84 Å². The SMILES string of the molecule is C#C/C(CO)=C(/C)c1c(C)cc(OC)cc1C. The molecule has 0 aliphatic rings. The van der Waals surface area contributed by atoms with Gasteiger partial charge in [0.1, 0.15) is 5.75 Å². The van der Waals surface area contributed by atoms with Crippen molar-refractivity contribution in [3.63, 3.8) is 0 Å². The number of hydrogen-bond acceptors (Lipinski definition) is 2. The molecule has 0 unspecified atom stereocenters. The molecule has 0 fully saturated rings. The van der Waals surface area contributed by atoms with Crippen molar-refractivity contribution in [1.29, 1.82) is 0 Å². The van der Waals surface area contributed by atoms with E-state index in [9.17, 15) is 5.11 Å². The number of aliphatic hydroxyl groups excluding tert-OH is 1. The lowest BCUT2D eigenvalue weighted by Gasteiger charge is -2.14. The molecule has 0 aromatic heterocycles. The maximum absolute atomic E-state index is 9.22. The smallest absolute Gasteiger partial charge is 0.119 e. The summed E-state index contributed by atoms with van der Waals surface area (Å²) in [4.78, 5) is 0. The summed E-state index contributed by atoms with van der Waals surface area (Å²) >= 11 is 0. The second-order valence-electron chi connectivity index (χ2n) is 4.04. The molecule has 0 bridgehead atoms. The molecule has 0 spiro atoms. The molecule has 1 rings (SSSR count). The highest BCUT2D eigenvalue weighted by molar-refractivity contribution is 5.75. The van der Waals surface area contributed by atoms with Gasteiger partial charge in [0.25, 0.3) is 0 Å². The van der Waals surface area contributed by atoms with Gasteiger partial charge in [-0.3, -0.25) is 0 Å². The van der Waals surface area contributed by atoms with Crippen molar-refractivity contribution in [3.05, 3.63) is 34.4 Å². The molecule has 0 amide bonds. The first kappa shape index (κ1) is 13.3. The number of hydrogen-bond donors (Lipinski definition) is 1. The van der Waals surface area contributed by atoms with Crippen LogP contribution in [0.3, 0.4) is 0 Å². The van der Waals surface area contributed by atoms with Gasteiger partial charge in [0.2, 0.25) is 0 Å². The van der Waals surface area contributed by atoms with E-state index < -0.39 is 0 Å². The van der Waals surface area contributed by atoms with E-state index in [1.54, 1.807) is 7.11 Å². The first-order valence-electron chi connectivity index (χ1n) is 5.48. The number of allylic oxidation sites excluding steroid dienone is 1. The number of methoxy groups -OCH3 is 1. The van der Waals surface area contributed by atoms with E-state index in [0.717, 1.165) is 28.0 Å². The second kappa shape index (κ2) is 5.56. The van der Waals surface area contributed by atoms with Crippen LogP contribution in [0.25, 0.3) is 5.57 Å². The van der Waals surface area contributed by atoms with Crippen LogP contribution in [0.2, 0.25) is 0 Å². The summed E-state index contributed by atoms with van der Waals surface area (Å²) in [6.07, 6.45) is 5.39. The van der Waals surface area contributed by atoms with Gasteiger partial charge in [-0.2, -0.15) is 0 Å². The number of aryl methyl sites for hydroxylation is 2. The molecular formula is C15H18O2. The summed E-state index contributed by atoms with van der Waals surface area (Å²) in [7, 11) is 1.65. The number of rotatable bonds is 3. The van der Waals surface area contributed by atoms with Gasteiger partial charge in [0.05, 0.1) is 13.7 Å². The molecule has 0 aliphatic carbocycles. The lowest BCUT2D eigenvalue weighted by atomic mass is 9.93. The summed E-state index contributed by atoms with van der Waals surface area (Å²) in [6.45, 7) is 5.86. The van der Waals surface area contributed by atoms with Crippen LogP contribution in [0.1, 0.15) is 23.6 Å². The van der Waals surface area contributed by atoms with Crippen LogP contribution < -0.4 is 4.74 Å². The van der Waals surface area contributed by atoms with Crippen molar-refractivity contribution >= 4 is 5.57 Å². The molecule has 1 aromatic rings. The van der Waals surface area contributed by atoms with Crippen LogP contribution in [-0.2, 0) is 0 Å². The summed E-state index contributed by atoms with van der Waals surface area (Å²) in [5.74, 6) is 3.37. The van der Waals surface area contributed by atoms with Gasteiger partial charge in [0.15, 0.2) is 0 Å². The number of terminal acetylenes is 1. The Morgan fingerprint density at radius 1 is 1.35 bits per heavy atom. The van der Waals surface area contributed by atoms with Gasteiger partial charge in [-0.25, -0.2) is 0 Å². The maximum atomic E-state index is 9.22. The average molecular weight is 230 g/mol. The molecule has 0 saturated carbocycles. The van der Waals surface area contributed by atoms with Crippen molar-refractivity contribution in [2.45, 2.75) is 20.8 Å². The molecule has 0 heterocycles. The lowest BCUT2D eigenvalue weighted by molar-refractivity contribution is 0.336. The van der Waals surface area contributed by atoms with E-state index >= 15 is 0 Å². The largest absolute Gasteiger partial charge is 0.497 e. The Hall–Kier alpha value is -1.72. The van der Waals surface area contributed by atoms with Gasteiger partial charge in [-0.15, -0.1) is 6.42 Å². The van der Waals surface area contributed by atoms with Crippen LogP contribution in [0.15, 0.2) is 17.7 Å². The molecule has 1 N–H and O–H groups in total. The fourth-order valence-electron chi connectivity index (χ4n) is 2.06. The Kier molecular flexibility index (Phi) is 4.37. The summed E-state index contributed by atoms with van der Waals surface area (Å²) in [6, 6.07) is 3.94. The second-order valence-corrected chi connectivity index (χ2v) is 4.04. The topological polar surface area (TPSA) is 29.5 Å². The minimum absolute atomic E-state index is 0.104. The van der Waals surface area contributed by atoms with Crippen molar-refractivity contribution < 1.29 is 9.84 Å². The van der Waals surface area contributed by atoms with Crippen LogP contribution in [0, 0.1) is 26.2 Å². The monoisotopic (exact) mass is 230 g/mol. The molecule has 0 saturated heterocycles. The molecule has 90 valence electrons. The Labute approximate surface area is 103 Å². The first-order valence-corrected chi connectivity index (χ1v) is 5.48. The van der Waals surface area contributed by atoms with E-state index in [1.807, 2.05) is 32.9 Å².